The molecule has 0 saturated heterocycles. The molecule has 0 aliphatic heterocycles. The molecule has 7 heteroatoms. The predicted octanol–water partition coefficient (Wildman–Crippen LogP) is 0.943. The van der Waals surface area contributed by atoms with Crippen molar-refractivity contribution in [2.75, 3.05) is 0 Å². The smallest absolute Gasteiger partial charge is 0.263 e. The number of nitrogens with zero attached hydrogens (tertiary/aromatic N) is 1. The van der Waals surface area contributed by atoms with E-state index in [1.165, 1.54) is 0 Å². The van der Waals surface area contributed by atoms with Crippen LogP contribution in [-0.4, -0.2) is 13.3 Å². The number of thiophene rings is 1. The van der Waals surface area contributed by atoms with E-state index in [1.807, 2.05) is 0 Å². The molecule has 0 aliphatic carbocycles. The van der Waals surface area contributed by atoms with Crippen LogP contribution in [0.4, 0.5) is 0 Å². The Morgan fingerprint density at radius 1 is 1.62 bits per heavy atom. The summed E-state index contributed by atoms with van der Waals surface area (Å²) in [4.78, 5) is 9.93. The Balaban J connectivity index is 3.17. The molecule has 72 valence electrons. The van der Waals surface area contributed by atoms with Crippen LogP contribution in [0.15, 0.2) is 11.4 Å². The van der Waals surface area contributed by atoms with Crippen molar-refractivity contribution in [1.29, 1.82) is 0 Å². The largest absolute Gasteiger partial charge is 0.342 e. The van der Waals surface area contributed by atoms with Crippen LogP contribution in [0.25, 0.3) is 0 Å². The summed E-state index contributed by atoms with van der Waals surface area (Å²) in [6, 6.07) is 1.66. The summed E-state index contributed by atoms with van der Waals surface area (Å²) in [5.41, 5.74) is 0.644. The fourth-order valence-electron chi connectivity index (χ4n) is 0.917. The number of thiol groups is 1. The summed E-state index contributed by atoms with van der Waals surface area (Å²) in [5, 5.41) is 10.5. The van der Waals surface area contributed by atoms with Crippen LogP contribution in [0.2, 0.25) is 0 Å². The van der Waals surface area contributed by atoms with Crippen molar-refractivity contribution < 1.29 is 13.3 Å². The number of nitro groups is 1. The van der Waals surface area contributed by atoms with E-state index in [1.54, 1.807) is 18.4 Å². The van der Waals surface area contributed by atoms with Crippen molar-refractivity contribution in [3.63, 3.8) is 0 Å². The second-order valence-corrected chi connectivity index (χ2v) is 4.42. The maximum Gasteiger partial charge on any atom is 0.342 e. The van der Waals surface area contributed by atoms with Gasteiger partial charge in [-0.1, -0.05) is 0 Å². The minimum atomic E-state index is -3.06. The van der Waals surface area contributed by atoms with E-state index >= 15 is 0 Å². The molecule has 1 aromatic heterocycles. The third-order valence-corrected chi connectivity index (χ3v) is 3.63. The number of hydrogen-bond acceptors (Lipinski definition) is 5. The van der Waals surface area contributed by atoms with Gasteiger partial charge in [0.25, 0.3) is 0 Å². The maximum atomic E-state index is 10.6. The molecule has 0 bridgehead atoms. The molecule has 13 heavy (non-hydrogen) atoms. The van der Waals surface area contributed by atoms with Gasteiger partial charge >= 0.3 is 5.37 Å². The third-order valence-electron chi connectivity index (χ3n) is 1.54. The summed E-state index contributed by atoms with van der Waals surface area (Å²) in [6.45, 7) is 1.65. The van der Waals surface area contributed by atoms with Crippen LogP contribution in [0.1, 0.15) is 15.8 Å². The highest BCUT2D eigenvalue weighted by Crippen LogP contribution is 2.26. The number of rotatable bonds is 3. The first-order valence-corrected chi connectivity index (χ1v) is 5.47. The van der Waals surface area contributed by atoms with E-state index in [-0.39, 0.29) is 0 Å². The normalized spacial score (nSPS) is 13.1. The minimum absolute atomic E-state index is 0.293. The van der Waals surface area contributed by atoms with Gasteiger partial charge in [0.05, 0.1) is 4.88 Å². The third kappa shape index (κ3) is 2.04. The van der Waals surface area contributed by atoms with Crippen LogP contribution in [0.3, 0.4) is 0 Å². The first-order chi connectivity index (χ1) is 6.04. The molecule has 1 atom stereocenters. The van der Waals surface area contributed by atoms with Crippen LogP contribution in [-0.2, 0) is 10.7 Å². The lowest BCUT2D eigenvalue weighted by Gasteiger charge is -2.00. The zero-order chi connectivity index (χ0) is 10.0. The summed E-state index contributed by atoms with van der Waals surface area (Å²) < 4.78 is 21.2. The highest BCUT2D eigenvalue weighted by Gasteiger charge is 2.28. The van der Waals surface area contributed by atoms with Gasteiger partial charge in [0.15, 0.2) is 0 Å². The first-order valence-electron chi connectivity index (χ1n) is 3.35. The van der Waals surface area contributed by atoms with E-state index in [0.717, 1.165) is 11.3 Å². The zero-order valence-electron chi connectivity index (χ0n) is 6.67. The van der Waals surface area contributed by atoms with Crippen molar-refractivity contribution in [3.8, 4) is 0 Å². The molecular weight excluding hydrogens is 214 g/mol. The Labute approximate surface area is 80.1 Å². The van der Waals surface area contributed by atoms with Gasteiger partial charge in [-0.2, -0.15) is 0 Å². The lowest BCUT2D eigenvalue weighted by molar-refractivity contribution is -0.501. The van der Waals surface area contributed by atoms with Gasteiger partial charge in [-0.05, 0) is 23.9 Å². The molecule has 5 nitrogen and oxygen atoms in total. The molecule has 0 fully saturated rings. The van der Waals surface area contributed by atoms with Crippen LogP contribution in [0, 0.1) is 17.0 Å². The summed E-state index contributed by atoms with van der Waals surface area (Å²) in [7, 11) is -3.06. The molecule has 0 aliphatic rings. The Hall–Kier alpha value is -0.950. The average Bonchev–Trinajstić information content (AvgIpc) is 2.35. The molecule has 1 heterocycles. The van der Waals surface area contributed by atoms with Gasteiger partial charge in [-0.15, -0.1) is 11.3 Å². The van der Waals surface area contributed by atoms with E-state index < -0.39 is 21.0 Å². The molecule has 0 spiro atoms. The molecular formula is C6H7NO4S2. The Bertz CT molecular complexity index is 387. The standard InChI is InChI=1S/C6H7NO4S2/c1-4-2-3-12-5(4)6(7(8)9)13(10)11/h2-3,6,13H,1H3. The van der Waals surface area contributed by atoms with E-state index in [4.69, 9.17) is 0 Å². The van der Waals surface area contributed by atoms with Gasteiger partial charge < -0.3 is 0 Å². The van der Waals surface area contributed by atoms with Crippen molar-refractivity contribution in [2.24, 2.45) is 0 Å². The van der Waals surface area contributed by atoms with E-state index in [2.05, 4.69) is 0 Å². The molecule has 0 N–H and O–H groups in total. The van der Waals surface area contributed by atoms with Crippen LogP contribution in [0.5, 0.6) is 0 Å². The minimum Gasteiger partial charge on any atom is -0.263 e. The van der Waals surface area contributed by atoms with Gasteiger partial charge in [-0.25, -0.2) is 8.42 Å². The number of hydrogen-bond donors (Lipinski definition) is 1. The topological polar surface area (TPSA) is 77.3 Å². The number of aryl methyl sites for hydroxylation is 1. The van der Waals surface area contributed by atoms with E-state index in [9.17, 15) is 18.5 Å². The second-order valence-electron chi connectivity index (χ2n) is 2.41. The lowest BCUT2D eigenvalue weighted by atomic mass is 10.3. The van der Waals surface area contributed by atoms with Crippen molar-refractivity contribution in [1.82, 2.24) is 0 Å². The predicted molar refractivity (Wildman–Crippen MR) is 49.1 cm³/mol. The highest BCUT2D eigenvalue weighted by atomic mass is 32.2. The van der Waals surface area contributed by atoms with Crippen molar-refractivity contribution in [2.45, 2.75) is 12.3 Å². The van der Waals surface area contributed by atoms with E-state index in [0.29, 0.717) is 10.4 Å². The van der Waals surface area contributed by atoms with Gasteiger partial charge in [0, 0.05) is 4.92 Å². The molecule has 1 rings (SSSR count). The average molecular weight is 221 g/mol. The molecule has 0 amide bonds. The fourth-order valence-corrected chi connectivity index (χ4v) is 2.79. The fraction of sp³-hybridized carbons (Fsp3) is 0.333. The van der Waals surface area contributed by atoms with Crippen LogP contribution < -0.4 is 0 Å². The summed E-state index contributed by atoms with van der Waals surface area (Å²) in [5.74, 6) is 0. The first kappa shape index (κ1) is 10.1. The zero-order valence-corrected chi connectivity index (χ0v) is 8.38. The monoisotopic (exact) mass is 221 g/mol. The van der Waals surface area contributed by atoms with Gasteiger partial charge in [0.2, 0.25) is 10.7 Å². The second kappa shape index (κ2) is 3.84. The molecule has 1 unspecified atom stereocenters. The van der Waals surface area contributed by atoms with Crippen molar-refractivity contribution in [3.05, 3.63) is 32.0 Å². The molecule has 0 saturated carbocycles. The SMILES string of the molecule is Cc1ccsc1C([N+](=O)[O-])[SH](=O)=O. The Morgan fingerprint density at radius 2 is 2.23 bits per heavy atom. The molecule has 1 aromatic rings. The van der Waals surface area contributed by atoms with Gasteiger partial charge in [-0.3, -0.25) is 10.1 Å². The summed E-state index contributed by atoms with van der Waals surface area (Å²) >= 11 is 1.09. The van der Waals surface area contributed by atoms with Crippen molar-refractivity contribution >= 4 is 22.0 Å². The Kier molecular flexibility index (Phi) is 2.99. The summed E-state index contributed by atoms with van der Waals surface area (Å²) in [6.07, 6.45) is 0. The van der Waals surface area contributed by atoms with Crippen LogP contribution >= 0.6 is 11.3 Å². The van der Waals surface area contributed by atoms with Gasteiger partial charge in [0.1, 0.15) is 0 Å². The molecule has 0 radical (unpaired) electrons. The maximum absolute atomic E-state index is 10.6. The lowest BCUT2D eigenvalue weighted by Crippen LogP contribution is -2.11. The Morgan fingerprint density at radius 3 is 2.54 bits per heavy atom. The molecule has 0 aromatic carbocycles. The highest BCUT2D eigenvalue weighted by molar-refractivity contribution is 7.72. The quantitative estimate of drug-likeness (QED) is 0.468.